The molecule has 0 saturated carbocycles. The maximum atomic E-state index is 14.3. The number of carbonyl (C=O) groups is 9. The number of rotatable bonds is 14. The molecule has 5 N–H and O–H groups in total. The number of thioether (sulfide) groups is 2. The SMILES string of the molecule is CCN1CCN(C(=O)N[C@@H](C(=O)N[C@]2(NC=O)C(=O)N3C(C(=O)O)=C(CSc4cc[n+](NC)cc4)CS[C@@H]32)c2ccc(OC(C)=O)c(OC(C)=O)c2)C(=O)C1=O. The largest absolute Gasteiger partial charge is 0.477 e. The number of nitrogens with one attached hydrogen (secondary N) is 4. The number of amides is 7. The van der Waals surface area contributed by atoms with E-state index < -0.39 is 64.6 Å². The third-order valence-electron chi connectivity index (χ3n) is 8.71. The van der Waals surface area contributed by atoms with E-state index in [4.69, 9.17) is 9.47 Å². The van der Waals surface area contributed by atoms with Crippen LogP contribution in [0.25, 0.3) is 0 Å². The molecule has 0 radical (unpaired) electrons. The van der Waals surface area contributed by atoms with E-state index >= 15 is 0 Å². The summed E-state index contributed by atoms with van der Waals surface area (Å²) < 4.78 is 12.0. The molecule has 2 aromatic rings. The van der Waals surface area contributed by atoms with Gasteiger partial charge in [-0.1, -0.05) is 10.7 Å². The van der Waals surface area contributed by atoms with Crippen LogP contribution in [-0.4, -0.2) is 123 Å². The number of esters is 2. The van der Waals surface area contributed by atoms with E-state index in [1.54, 1.807) is 31.0 Å². The Bertz CT molecular complexity index is 2030. The molecule has 3 atom stereocenters. The Hall–Kier alpha value is -6.16. The number of imide groups is 1. The van der Waals surface area contributed by atoms with E-state index in [1.165, 1.54) is 28.8 Å². The van der Waals surface area contributed by atoms with Crippen LogP contribution in [0, 0.1) is 0 Å². The smallest absolute Gasteiger partial charge is 0.352 e. The van der Waals surface area contributed by atoms with Crippen LogP contribution in [0.1, 0.15) is 32.4 Å². The number of likely N-dealkylation sites (N-methyl/N-ethyl adjacent to an activating group) is 1. The second kappa shape index (κ2) is 17.1. The summed E-state index contributed by atoms with van der Waals surface area (Å²) in [6.45, 7) is 3.79. The molecule has 1 aromatic heterocycles. The molecule has 7 amide bonds. The van der Waals surface area contributed by atoms with Crippen molar-refractivity contribution in [3.8, 4) is 11.5 Å². The van der Waals surface area contributed by atoms with Gasteiger partial charge in [0.15, 0.2) is 11.5 Å². The lowest BCUT2D eigenvalue weighted by atomic mass is 9.94. The number of β-lactam (4-membered cyclic amide) rings is 1. The van der Waals surface area contributed by atoms with Crippen molar-refractivity contribution in [1.82, 2.24) is 30.7 Å². The van der Waals surface area contributed by atoms with E-state index in [0.29, 0.717) is 10.5 Å². The topological polar surface area (TPSA) is 254 Å². The average molecular weight is 814 g/mol. The molecule has 0 bridgehead atoms. The normalized spacial score (nSPS) is 19.6. The number of benzene rings is 1. The van der Waals surface area contributed by atoms with Gasteiger partial charge in [0, 0.05) is 62.0 Å². The highest BCUT2D eigenvalue weighted by molar-refractivity contribution is 8.01. The van der Waals surface area contributed by atoms with Crippen LogP contribution >= 0.6 is 23.5 Å². The first-order chi connectivity index (χ1) is 26.6. The van der Waals surface area contributed by atoms with Crippen LogP contribution in [0.4, 0.5) is 4.79 Å². The number of carboxylic acids is 1. The van der Waals surface area contributed by atoms with Crippen molar-refractivity contribution < 1.29 is 62.4 Å². The fraction of sp³-hybridized carbons (Fsp3) is 0.353. The number of nitrogens with zero attached hydrogens (tertiary/aromatic N) is 4. The number of aliphatic carboxylic acids is 1. The summed E-state index contributed by atoms with van der Waals surface area (Å²) in [7, 11) is 1.74. The predicted octanol–water partition coefficient (Wildman–Crippen LogP) is -0.956. The molecule has 22 heteroatoms. The lowest BCUT2D eigenvalue weighted by Gasteiger charge is -2.56. The van der Waals surface area contributed by atoms with Gasteiger partial charge in [0.25, 0.3) is 5.91 Å². The first-order valence-electron chi connectivity index (χ1n) is 16.8. The average Bonchev–Trinajstić information content (AvgIpc) is 3.16. The van der Waals surface area contributed by atoms with Crippen LogP contribution in [0.15, 0.2) is 58.9 Å². The van der Waals surface area contributed by atoms with Gasteiger partial charge in [-0.2, -0.15) is 5.43 Å². The third kappa shape index (κ3) is 8.24. The van der Waals surface area contributed by atoms with Gasteiger partial charge in [-0.15, -0.1) is 23.5 Å². The maximum Gasteiger partial charge on any atom is 0.352 e. The summed E-state index contributed by atoms with van der Waals surface area (Å²) in [5.74, 6) is -7.57. The monoisotopic (exact) mass is 813 g/mol. The van der Waals surface area contributed by atoms with Gasteiger partial charge < -0.3 is 35.4 Å². The minimum absolute atomic E-state index is 0.0102. The molecular formula is C34H37N8O12S2+. The summed E-state index contributed by atoms with van der Waals surface area (Å²) in [5, 5.41) is 16.3. The van der Waals surface area contributed by atoms with Crippen LogP contribution in [0.2, 0.25) is 0 Å². The van der Waals surface area contributed by atoms with Gasteiger partial charge in [-0.3, -0.25) is 43.4 Å². The number of pyridine rings is 1. The van der Waals surface area contributed by atoms with Crippen molar-refractivity contribution in [2.75, 3.05) is 43.6 Å². The Kier molecular flexibility index (Phi) is 12.5. The Morgan fingerprint density at radius 3 is 2.32 bits per heavy atom. The number of ether oxygens (including phenoxy) is 2. The molecular weight excluding hydrogens is 777 g/mol. The Morgan fingerprint density at radius 1 is 1.04 bits per heavy atom. The molecule has 2 saturated heterocycles. The van der Waals surface area contributed by atoms with Gasteiger partial charge in [-0.05, 0) is 30.2 Å². The van der Waals surface area contributed by atoms with Crippen LogP contribution in [0.5, 0.6) is 11.5 Å². The van der Waals surface area contributed by atoms with Crippen LogP contribution in [-0.2, 0) is 38.4 Å². The van der Waals surface area contributed by atoms with E-state index in [2.05, 4.69) is 21.4 Å². The second-order valence-electron chi connectivity index (χ2n) is 12.2. The molecule has 5 rings (SSSR count). The Labute approximate surface area is 327 Å². The zero-order chi connectivity index (χ0) is 40.9. The number of urea groups is 1. The quantitative estimate of drug-likeness (QED) is 0.0225. The fourth-order valence-electron chi connectivity index (χ4n) is 6.05. The number of piperazine rings is 1. The number of fused-ring (bicyclic) bond motifs is 1. The van der Waals surface area contributed by atoms with E-state index in [1.807, 2.05) is 12.1 Å². The van der Waals surface area contributed by atoms with Gasteiger partial charge >= 0.3 is 35.8 Å². The van der Waals surface area contributed by atoms with Crippen LogP contribution < -0.4 is 35.5 Å². The molecule has 56 heavy (non-hydrogen) atoms. The highest BCUT2D eigenvalue weighted by Gasteiger charge is 2.66. The highest BCUT2D eigenvalue weighted by Crippen LogP contribution is 2.46. The fourth-order valence-corrected chi connectivity index (χ4v) is 8.50. The van der Waals surface area contributed by atoms with Crippen molar-refractivity contribution >= 4 is 77.5 Å². The predicted molar refractivity (Wildman–Crippen MR) is 195 cm³/mol. The summed E-state index contributed by atoms with van der Waals surface area (Å²) >= 11 is 2.41. The van der Waals surface area contributed by atoms with E-state index in [9.17, 15) is 48.3 Å². The second-order valence-corrected chi connectivity index (χ2v) is 14.3. The number of aromatic nitrogens is 1. The molecule has 0 aliphatic carbocycles. The molecule has 0 spiro atoms. The van der Waals surface area contributed by atoms with Gasteiger partial charge in [0.05, 0.1) is 7.05 Å². The summed E-state index contributed by atoms with van der Waals surface area (Å²) in [5.41, 5.74) is 0.670. The minimum Gasteiger partial charge on any atom is -0.477 e. The van der Waals surface area contributed by atoms with Gasteiger partial charge in [0.1, 0.15) is 17.1 Å². The van der Waals surface area contributed by atoms with Crippen molar-refractivity contribution in [2.45, 2.75) is 42.7 Å². The summed E-state index contributed by atoms with van der Waals surface area (Å²) in [6.07, 6.45) is 3.69. The molecule has 0 unspecified atom stereocenters. The molecule has 4 heterocycles. The van der Waals surface area contributed by atoms with Gasteiger partial charge in [-0.25, -0.2) is 9.59 Å². The summed E-state index contributed by atoms with van der Waals surface area (Å²) in [6, 6.07) is 4.11. The van der Waals surface area contributed by atoms with Gasteiger partial charge in [0.2, 0.25) is 30.4 Å². The Morgan fingerprint density at radius 2 is 1.71 bits per heavy atom. The molecule has 3 aliphatic heterocycles. The highest BCUT2D eigenvalue weighted by atomic mass is 32.2. The van der Waals surface area contributed by atoms with E-state index in [0.717, 1.165) is 41.5 Å². The first-order valence-corrected chi connectivity index (χ1v) is 18.9. The molecule has 1 aromatic carbocycles. The Balaban J connectivity index is 1.47. The van der Waals surface area contributed by atoms with Crippen molar-refractivity contribution in [2.24, 2.45) is 0 Å². The molecule has 20 nitrogen and oxygen atoms in total. The molecule has 3 aliphatic rings. The third-order valence-corrected chi connectivity index (χ3v) is 11.2. The van der Waals surface area contributed by atoms with Crippen molar-refractivity contribution in [3.63, 3.8) is 0 Å². The van der Waals surface area contributed by atoms with Crippen molar-refractivity contribution in [3.05, 3.63) is 59.6 Å². The molecule has 2 fully saturated rings. The first kappa shape index (κ1) is 41.0. The lowest BCUT2D eigenvalue weighted by molar-refractivity contribution is -0.647. The zero-order valence-corrected chi connectivity index (χ0v) is 32.0. The number of carboxylic acid groups (broad SMARTS) is 1. The van der Waals surface area contributed by atoms with E-state index in [-0.39, 0.29) is 60.3 Å². The number of hydrogen-bond acceptors (Lipinski definition) is 14. The maximum absolute atomic E-state index is 14.3. The lowest BCUT2D eigenvalue weighted by Crippen LogP contribution is -2.85. The summed E-state index contributed by atoms with van der Waals surface area (Å²) in [4.78, 5) is 119. The number of carbonyl (C=O) groups excluding carboxylic acids is 8. The van der Waals surface area contributed by atoms with Crippen LogP contribution in [0.3, 0.4) is 0 Å². The molecule has 296 valence electrons. The zero-order valence-electron chi connectivity index (χ0n) is 30.4. The minimum atomic E-state index is -2.22. The van der Waals surface area contributed by atoms with Crippen molar-refractivity contribution in [1.29, 1.82) is 0 Å². The number of hydrogen-bond donors (Lipinski definition) is 5. The standard InChI is InChI=1S/C34H36N8O12S2/c1-5-39-12-13-41(29(48)28(39)47)33(52)37-25(20-6-7-23(53-18(2)44)24(14-20)54-19(3)45)27(46)38-34(36-17-43)31(51)42-26(30(49)50)21(16-56-32(34)42)15-55-22-8-10-40(35-4)11-9-22/h6-11,14,17,25,32,35H,5,12-13,15-16H2,1-4H3,(H3-,36,37,38,43,46,49,50,52)/p+1/t25-,32-,34-/m1/s1.